The van der Waals surface area contributed by atoms with E-state index in [0.29, 0.717) is 30.1 Å². The molecule has 0 unspecified atom stereocenters. The van der Waals surface area contributed by atoms with Gasteiger partial charge in [-0.1, -0.05) is 85.8 Å². The van der Waals surface area contributed by atoms with Crippen molar-refractivity contribution >= 4 is 11.9 Å². The van der Waals surface area contributed by atoms with Crippen molar-refractivity contribution in [2.45, 2.75) is 44.8 Å². The third-order valence-corrected chi connectivity index (χ3v) is 6.86. The van der Waals surface area contributed by atoms with Gasteiger partial charge in [0.05, 0.1) is 11.7 Å². The lowest BCUT2D eigenvalue weighted by Gasteiger charge is -2.20. The molecule has 0 bridgehead atoms. The number of benzene rings is 3. The fourth-order valence-corrected chi connectivity index (χ4v) is 4.76. The summed E-state index contributed by atoms with van der Waals surface area (Å²) in [7, 11) is 0. The van der Waals surface area contributed by atoms with Crippen molar-refractivity contribution in [3.8, 4) is 22.5 Å². The number of carboxylic acids is 1. The van der Waals surface area contributed by atoms with Gasteiger partial charge in [-0.3, -0.25) is 4.79 Å². The minimum Gasteiger partial charge on any atom is -0.479 e. The van der Waals surface area contributed by atoms with Gasteiger partial charge in [-0.05, 0) is 45.5 Å². The van der Waals surface area contributed by atoms with Crippen LogP contribution in [0.4, 0.5) is 0 Å². The number of amides is 1. The van der Waals surface area contributed by atoms with Crippen LogP contribution >= 0.6 is 0 Å². The van der Waals surface area contributed by atoms with E-state index in [1.54, 1.807) is 24.3 Å². The Kier molecular flexibility index (Phi) is 8.78. The Morgan fingerprint density at radius 1 is 0.952 bits per heavy atom. The Labute approximate surface area is 241 Å². The van der Waals surface area contributed by atoms with E-state index in [9.17, 15) is 19.8 Å². The first-order valence-electron chi connectivity index (χ1n) is 13.6. The van der Waals surface area contributed by atoms with Crippen molar-refractivity contribution in [3.05, 3.63) is 107 Å². The lowest BCUT2D eigenvalue weighted by atomic mass is 9.97. The molecule has 4 N–H and O–H groups in total. The molecule has 0 aliphatic carbocycles. The molecular formula is C31H30N6O5. The quantitative estimate of drug-likeness (QED) is 0.175. The summed E-state index contributed by atoms with van der Waals surface area (Å²) < 4.78 is 5.86. The highest BCUT2D eigenvalue weighted by molar-refractivity contribution is 5.90. The minimum atomic E-state index is -1.80. The van der Waals surface area contributed by atoms with E-state index in [4.69, 9.17) is 4.42 Å². The number of rotatable bonds is 12. The molecule has 0 fully saturated rings. The zero-order valence-corrected chi connectivity index (χ0v) is 22.9. The van der Waals surface area contributed by atoms with Crippen LogP contribution in [0.1, 0.15) is 46.6 Å². The SMILES string of the molecule is CCCc1oc(C(=O)N[C@H](Cc2ccccc2)[C@H](O)C(=O)O)nc1Cc1ccc(-c2ccccc2-c2nnn[nH]2)cc1. The Morgan fingerprint density at radius 2 is 1.67 bits per heavy atom. The average molecular weight is 567 g/mol. The lowest BCUT2D eigenvalue weighted by molar-refractivity contribution is -0.148. The maximum atomic E-state index is 13.1. The van der Waals surface area contributed by atoms with Crippen molar-refractivity contribution in [1.29, 1.82) is 0 Å². The van der Waals surface area contributed by atoms with Crippen LogP contribution < -0.4 is 5.32 Å². The molecular weight excluding hydrogens is 536 g/mol. The molecule has 0 radical (unpaired) electrons. The third-order valence-electron chi connectivity index (χ3n) is 6.86. The van der Waals surface area contributed by atoms with Gasteiger partial charge in [0, 0.05) is 18.4 Å². The van der Waals surface area contributed by atoms with Gasteiger partial charge >= 0.3 is 11.9 Å². The van der Waals surface area contributed by atoms with Crippen LogP contribution in [0.5, 0.6) is 0 Å². The Morgan fingerprint density at radius 3 is 2.33 bits per heavy atom. The van der Waals surface area contributed by atoms with Gasteiger partial charge < -0.3 is 19.9 Å². The first kappa shape index (κ1) is 28.4. The number of aromatic amines is 1. The number of aromatic nitrogens is 5. The van der Waals surface area contributed by atoms with Gasteiger partial charge in [-0.25, -0.2) is 14.9 Å². The second-order valence-electron chi connectivity index (χ2n) is 9.86. The summed E-state index contributed by atoms with van der Waals surface area (Å²) in [4.78, 5) is 29.2. The average Bonchev–Trinajstić information content (AvgIpc) is 3.68. The number of hydrogen-bond acceptors (Lipinski definition) is 8. The number of hydrogen-bond donors (Lipinski definition) is 4. The van der Waals surface area contributed by atoms with E-state index in [-0.39, 0.29) is 12.3 Å². The number of aliphatic hydroxyl groups is 1. The summed E-state index contributed by atoms with van der Waals surface area (Å²) in [5.74, 6) is -1.12. The number of oxazole rings is 1. The predicted molar refractivity (Wildman–Crippen MR) is 153 cm³/mol. The molecule has 1 amide bonds. The van der Waals surface area contributed by atoms with Crippen LogP contribution in [0.2, 0.25) is 0 Å². The van der Waals surface area contributed by atoms with Crippen molar-refractivity contribution in [1.82, 2.24) is 30.9 Å². The Hall–Kier alpha value is -5.16. The number of nitrogens with zero attached hydrogens (tertiary/aromatic N) is 4. The van der Waals surface area contributed by atoms with Crippen molar-refractivity contribution in [2.24, 2.45) is 0 Å². The van der Waals surface area contributed by atoms with Crippen LogP contribution in [0, 0.1) is 0 Å². The largest absolute Gasteiger partial charge is 0.479 e. The van der Waals surface area contributed by atoms with Crippen LogP contribution in [-0.4, -0.2) is 59.8 Å². The van der Waals surface area contributed by atoms with E-state index >= 15 is 0 Å². The summed E-state index contributed by atoms with van der Waals surface area (Å²) in [6.45, 7) is 2.00. The summed E-state index contributed by atoms with van der Waals surface area (Å²) in [6, 6.07) is 23.8. The molecule has 2 heterocycles. The van der Waals surface area contributed by atoms with Crippen LogP contribution in [0.15, 0.2) is 83.3 Å². The van der Waals surface area contributed by atoms with Gasteiger partial charge in [0.25, 0.3) is 5.89 Å². The molecule has 11 heteroatoms. The number of tetrazole rings is 1. The van der Waals surface area contributed by atoms with Crippen molar-refractivity contribution in [2.75, 3.05) is 0 Å². The van der Waals surface area contributed by atoms with E-state index in [0.717, 1.165) is 34.2 Å². The standard InChI is InChI=1S/C31H30N6O5/c1-2-8-26-24(17-20-13-15-21(16-14-20)22-11-6-7-12-23(22)28-34-36-37-35-28)33-30(42-26)29(39)32-25(27(38)31(40)41)18-19-9-4-3-5-10-19/h3-7,9-16,25,27,38H,2,8,17-18H2,1H3,(H,32,39)(H,40,41)(H,34,35,36,37)/t25-,27+/m1/s1. The molecule has 0 spiro atoms. The molecule has 2 aromatic heterocycles. The molecule has 42 heavy (non-hydrogen) atoms. The maximum Gasteiger partial charge on any atom is 0.334 e. The van der Waals surface area contributed by atoms with Crippen molar-refractivity contribution in [3.63, 3.8) is 0 Å². The van der Waals surface area contributed by atoms with Gasteiger partial charge in [0.15, 0.2) is 11.9 Å². The second kappa shape index (κ2) is 13.0. The number of aryl methyl sites for hydroxylation is 1. The number of aliphatic carboxylic acids is 1. The third kappa shape index (κ3) is 6.58. The fourth-order valence-electron chi connectivity index (χ4n) is 4.76. The minimum absolute atomic E-state index is 0.123. The number of carbonyl (C=O) groups excluding carboxylic acids is 1. The predicted octanol–water partition coefficient (Wildman–Crippen LogP) is 3.85. The number of carboxylic acid groups (broad SMARTS) is 1. The zero-order valence-electron chi connectivity index (χ0n) is 22.9. The smallest absolute Gasteiger partial charge is 0.334 e. The van der Waals surface area contributed by atoms with Gasteiger partial charge in [-0.15, -0.1) is 5.10 Å². The molecule has 5 aromatic rings. The van der Waals surface area contributed by atoms with Gasteiger partial charge in [0.1, 0.15) is 5.76 Å². The first-order chi connectivity index (χ1) is 20.4. The summed E-state index contributed by atoms with van der Waals surface area (Å²) >= 11 is 0. The molecule has 3 aromatic carbocycles. The summed E-state index contributed by atoms with van der Waals surface area (Å²) in [6.07, 6.45) is 0.118. The first-order valence-corrected chi connectivity index (χ1v) is 13.6. The highest BCUT2D eigenvalue weighted by Gasteiger charge is 2.30. The molecule has 0 aliphatic rings. The number of nitrogens with one attached hydrogen (secondary N) is 2. The molecule has 5 rings (SSSR count). The van der Waals surface area contributed by atoms with Crippen LogP contribution in [-0.2, 0) is 24.1 Å². The molecule has 11 nitrogen and oxygen atoms in total. The highest BCUT2D eigenvalue weighted by Crippen LogP contribution is 2.30. The van der Waals surface area contributed by atoms with Gasteiger partial charge in [-0.2, -0.15) is 0 Å². The van der Waals surface area contributed by atoms with E-state index in [1.807, 2.05) is 61.5 Å². The molecule has 2 atom stereocenters. The monoisotopic (exact) mass is 566 g/mol. The summed E-state index contributed by atoms with van der Waals surface area (Å²) in [5, 5.41) is 36.5. The molecule has 0 saturated carbocycles. The normalized spacial score (nSPS) is 12.5. The fraction of sp³-hybridized carbons (Fsp3) is 0.226. The second-order valence-corrected chi connectivity index (χ2v) is 9.86. The Balaban J connectivity index is 1.34. The zero-order chi connectivity index (χ0) is 29.5. The van der Waals surface area contributed by atoms with Crippen molar-refractivity contribution < 1.29 is 24.2 Å². The highest BCUT2D eigenvalue weighted by atomic mass is 16.4. The van der Waals surface area contributed by atoms with Gasteiger partial charge in [0.2, 0.25) is 0 Å². The van der Waals surface area contributed by atoms with E-state index in [1.165, 1.54) is 0 Å². The van der Waals surface area contributed by atoms with Crippen LogP contribution in [0.3, 0.4) is 0 Å². The molecule has 0 saturated heterocycles. The lowest BCUT2D eigenvalue weighted by Crippen LogP contribution is -2.48. The Bertz CT molecular complexity index is 1630. The number of aliphatic hydroxyl groups excluding tert-OH is 1. The van der Waals surface area contributed by atoms with E-state index in [2.05, 4.69) is 30.9 Å². The maximum absolute atomic E-state index is 13.1. The number of H-pyrrole nitrogens is 1. The van der Waals surface area contributed by atoms with Crippen LogP contribution in [0.25, 0.3) is 22.5 Å². The number of carbonyl (C=O) groups is 2. The summed E-state index contributed by atoms with van der Waals surface area (Å²) in [5.41, 5.74) is 5.21. The topological polar surface area (TPSA) is 167 Å². The molecule has 214 valence electrons. The molecule has 0 aliphatic heterocycles. The van der Waals surface area contributed by atoms with E-state index < -0.39 is 24.0 Å².